The van der Waals surface area contributed by atoms with Crippen molar-refractivity contribution in [2.45, 2.75) is 45.2 Å². The number of rotatable bonds is 3. The average Bonchev–Trinajstić information content (AvgIpc) is 3.04. The van der Waals surface area contributed by atoms with Crippen LogP contribution in [0.25, 0.3) is 11.0 Å². The van der Waals surface area contributed by atoms with Crippen molar-refractivity contribution >= 4 is 16.9 Å². The number of benzene rings is 1. The lowest BCUT2D eigenvalue weighted by atomic mass is 9.84. The van der Waals surface area contributed by atoms with Crippen molar-refractivity contribution in [1.29, 1.82) is 0 Å². The van der Waals surface area contributed by atoms with Gasteiger partial charge < -0.3 is 15.5 Å². The zero-order valence-electron chi connectivity index (χ0n) is 12.6. The zero-order chi connectivity index (χ0) is 15.0. The number of nitrogens with one attached hydrogen (secondary N) is 1. The van der Waals surface area contributed by atoms with Crippen LogP contribution in [0.3, 0.4) is 0 Å². The Kier molecular flexibility index (Phi) is 3.49. The summed E-state index contributed by atoms with van der Waals surface area (Å²) >= 11 is 0. The second-order valence-electron chi connectivity index (χ2n) is 6.30. The number of para-hydroxylation sites is 1. The normalized spacial score (nSPS) is 26.9. The van der Waals surface area contributed by atoms with Crippen molar-refractivity contribution in [3.63, 3.8) is 0 Å². The van der Waals surface area contributed by atoms with Crippen LogP contribution in [0, 0.1) is 5.41 Å². The Hall–Kier alpha value is -1.81. The minimum absolute atomic E-state index is 0.0282. The largest absolute Gasteiger partial charge is 0.459 e. The predicted molar refractivity (Wildman–Crippen MR) is 82.7 cm³/mol. The van der Waals surface area contributed by atoms with Crippen LogP contribution >= 0.6 is 0 Å². The summed E-state index contributed by atoms with van der Waals surface area (Å²) < 4.78 is 5.81. The maximum absolute atomic E-state index is 12.5. The molecule has 1 aliphatic rings. The van der Waals surface area contributed by atoms with Gasteiger partial charge in [-0.05, 0) is 38.8 Å². The van der Waals surface area contributed by atoms with Gasteiger partial charge in [-0.1, -0.05) is 24.6 Å². The summed E-state index contributed by atoms with van der Waals surface area (Å²) in [6, 6.07) is 9.62. The Labute approximate surface area is 124 Å². The molecule has 0 aliphatic heterocycles. The highest BCUT2D eigenvalue weighted by atomic mass is 16.3. The first-order chi connectivity index (χ1) is 10.0. The summed E-state index contributed by atoms with van der Waals surface area (Å²) in [7, 11) is 0. The molecule has 0 bridgehead atoms. The lowest BCUT2D eigenvalue weighted by Gasteiger charge is -2.28. The van der Waals surface area contributed by atoms with E-state index in [0.717, 1.165) is 36.0 Å². The van der Waals surface area contributed by atoms with Crippen molar-refractivity contribution < 1.29 is 9.21 Å². The third kappa shape index (κ3) is 2.44. The van der Waals surface area contributed by atoms with Gasteiger partial charge in [0.1, 0.15) is 11.3 Å². The van der Waals surface area contributed by atoms with E-state index in [1.54, 1.807) is 0 Å². The number of carbonyl (C=O) groups excluding carboxylic acids is 1. The molecule has 4 heteroatoms. The van der Waals surface area contributed by atoms with Crippen LogP contribution < -0.4 is 11.1 Å². The van der Waals surface area contributed by atoms with Gasteiger partial charge in [-0.15, -0.1) is 0 Å². The Morgan fingerprint density at radius 3 is 2.90 bits per heavy atom. The van der Waals surface area contributed by atoms with Crippen LogP contribution in [0.2, 0.25) is 0 Å². The van der Waals surface area contributed by atoms with E-state index in [1.807, 2.05) is 44.2 Å². The average molecular weight is 286 g/mol. The second-order valence-corrected chi connectivity index (χ2v) is 6.30. The van der Waals surface area contributed by atoms with Gasteiger partial charge in [-0.2, -0.15) is 0 Å². The molecule has 1 amide bonds. The molecular weight excluding hydrogens is 264 g/mol. The van der Waals surface area contributed by atoms with E-state index >= 15 is 0 Å². The highest BCUT2D eigenvalue weighted by Gasteiger charge is 2.43. The number of carbonyl (C=O) groups is 1. The molecule has 1 saturated carbocycles. The smallest absolute Gasteiger partial charge is 0.228 e. The van der Waals surface area contributed by atoms with Crippen LogP contribution in [-0.2, 0) is 4.79 Å². The third-order valence-corrected chi connectivity index (χ3v) is 4.77. The molecular formula is C17H22N2O2. The molecule has 112 valence electrons. The highest BCUT2D eigenvalue weighted by Crippen LogP contribution is 2.37. The minimum atomic E-state index is -0.458. The molecule has 3 atom stereocenters. The van der Waals surface area contributed by atoms with Crippen molar-refractivity contribution in [3.8, 4) is 0 Å². The molecule has 1 aromatic heterocycles. The van der Waals surface area contributed by atoms with E-state index in [0.29, 0.717) is 0 Å². The van der Waals surface area contributed by atoms with E-state index in [4.69, 9.17) is 10.2 Å². The summed E-state index contributed by atoms with van der Waals surface area (Å²) in [4.78, 5) is 12.5. The molecule has 1 fully saturated rings. The van der Waals surface area contributed by atoms with Gasteiger partial charge in [0.15, 0.2) is 0 Å². The van der Waals surface area contributed by atoms with E-state index in [2.05, 4.69) is 5.32 Å². The van der Waals surface area contributed by atoms with Crippen molar-refractivity contribution in [2.75, 3.05) is 0 Å². The summed E-state index contributed by atoms with van der Waals surface area (Å²) in [5.41, 5.74) is 6.49. The lowest BCUT2D eigenvalue weighted by molar-refractivity contribution is -0.131. The third-order valence-electron chi connectivity index (χ3n) is 4.77. The monoisotopic (exact) mass is 286 g/mol. The Morgan fingerprint density at radius 2 is 2.24 bits per heavy atom. The maximum Gasteiger partial charge on any atom is 0.228 e. The van der Waals surface area contributed by atoms with Crippen LogP contribution in [0.5, 0.6) is 0 Å². The number of hydrogen-bond acceptors (Lipinski definition) is 3. The molecule has 21 heavy (non-hydrogen) atoms. The minimum Gasteiger partial charge on any atom is -0.459 e. The van der Waals surface area contributed by atoms with Gasteiger partial charge >= 0.3 is 0 Å². The summed E-state index contributed by atoms with van der Waals surface area (Å²) in [5.74, 6) is 0.806. The molecule has 3 rings (SSSR count). The quantitative estimate of drug-likeness (QED) is 0.911. The van der Waals surface area contributed by atoms with Crippen LogP contribution in [-0.4, -0.2) is 11.9 Å². The molecule has 2 aromatic rings. The molecule has 4 nitrogen and oxygen atoms in total. The van der Waals surface area contributed by atoms with Crippen LogP contribution in [0.4, 0.5) is 0 Å². The van der Waals surface area contributed by atoms with Gasteiger partial charge in [-0.3, -0.25) is 4.79 Å². The second kappa shape index (κ2) is 5.19. The fraction of sp³-hybridized carbons (Fsp3) is 0.471. The van der Waals surface area contributed by atoms with E-state index in [-0.39, 0.29) is 18.0 Å². The van der Waals surface area contributed by atoms with E-state index in [9.17, 15) is 4.79 Å². The zero-order valence-corrected chi connectivity index (χ0v) is 12.6. The van der Waals surface area contributed by atoms with Gasteiger partial charge in [0.05, 0.1) is 11.5 Å². The lowest BCUT2D eigenvalue weighted by Crippen LogP contribution is -2.47. The molecule has 1 aliphatic carbocycles. The number of amides is 1. The summed E-state index contributed by atoms with van der Waals surface area (Å²) in [6.07, 6.45) is 2.79. The fourth-order valence-electron chi connectivity index (χ4n) is 3.12. The maximum atomic E-state index is 12.5. The van der Waals surface area contributed by atoms with Crippen LogP contribution in [0.1, 0.15) is 44.9 Å². The number of furan rings is 1. The highest BCUT2D eigenvalue weighted by molar-refractivity contribution is 5.84. The number of nitrogens with two attached hydrogens (primary N) is 1. The first-order valence-electron chi connectivity index (χ1n) is 7.56. The topological polar surface area (TPSA) is 68.3 Å². The molecule has 3 N–H and O–H groups in total. The van der Waals surface area contributed by atoms with Gasteiger partial charge in [0.25, 0.3) is 0 Å². The predicted octanol–water partition coefficient (Wildman–Crippen LogP) is 3.13. The Morgan fingerprint density at radius 1 is 1.48 bits per heavy atom. The van der Waals surface area contributed by atoms with Gasteiger partial charge in [-0.25, -0.2) is 0 Å². The van der Waals surface area contributed by atoms with Crippen molar-refractivity contribution in [1.82, 2.24) is 5.32 Å². The summed E-state index contributed by atoms with van der Waals surface area (Å²) in [5, 5.41) is 4.11. The van der Waals surface area contributed by atoms with Crippen LogP contribution in [0.15, 0.2) is 34.7 Å². The molecule has 1 aromatic carbocycles. The van der Waals surface area contributed by atoms with E-state index in [1.165, 1.54) is 0 Å². The Balaban J connectivity index is 1.76. The number of hydrogen-bond donors (Lipinski definition) is 2. The van der Waals surface area contributed by atoms with Gasteiger partial charge in [0.2, 0.25) is 5.91 Å². The van der Waals surface area contributed by atoms with Gasteiger partial charge in [0, 0.05) is 11.4 Å². The van der Waals surface area contributed by atoms with Crippen molar-refractivity contribution in [2.24, 2.45) is 11.1 Å². The molecule has 1 heterocycles. The van der Waals surface area contributed by atoms with Crippen molar-refractivity contribution in [3.05, 3.63) is 36.1 Å². The molecule has 0 spiro atoms. The first kappa shape index (κ1) is 14.1. The first-order valence-corrected chi connectivity index (χ1v) is 7.56. The summed E-state index contributed by atoms with van der Waals surface area (Å²) in [6.45, 7) is 3.91. The SMILES string of the molecule is CC(NC(=O)C1(C)CCCC1N)c1cc2ccccc2o1. The molecule has 3 unspecified atom stereocenters. The van der Waals surface area contributed by atoms with E-state index < -0.39 is 5.41 Å². The molecule has 0 radical (unpaired) electrons. The Bertz CT molecular complexity index is 631. The standard InChI is InChI=1S/C17H22N2O2/c1-11(14-10-12-6-3-4-7-13(12)21-14)19-16(20)17(2)9-5-8-15(17)18/h3-4,6-7,10-11,15H,5,8-9,18H2,1-2H3,(H,19,20). The number of fused-ring (bicyclic) bond motifs is 1. The fourth-order valence-corrected chi connectivity index (χ4v) is 3.12. The molecule has 0 saturated heterocycles.